The molecular formula is C14H19ClN2. The van der Waals surface area contributed by atoms with E-state index in [0.717, 1.165) is 12.0 Å². The Bertz CT molecular complexity index is 436. The maximum Gasteiger partial charge on any atom is 0.0656 e. The molecule has 0 unspecified atom stereocenters. The van der Waals surface area contributed by atoms with Gasteiger partial charge in [0.05, 0.1) is 10.7 Å². The van der Waals surface area contributed by atoms with Crippen molar-refractivity contribution >= 4 is 23.0 Å². The number of anilines is 2. The summed E-state index contributed by atoms with van der Waals surface area (Å²) in [6.45, 7) is 3.33. The van der Waals surface area contributed by atoms with Gasteiger partial charge in [-0.05, 0) is 56.2 Å². The van der Waals surface area contributed by atoms with Crippen LogP contribution in [0, 0.1) is 12.8 Å². The van der Waals surface area contributed by atoms with Crippen molar-refractivity contribution in [3.05, 3.63) is 22.7 Å². The van der Waals surface area contributed by atoms with E-state index in [0.29, 0.717) is 10.7 Å². The first-order chi connectivity index (χ1) is 8.15. The third kappa shape index (κ3) is 2.37. The molecule has 2 saturated carbocycles. The molecule has 2 N–H and O–H groups in total. The highest BCUT2D eigenvalue weighted by Crippen LogP contribution is 2.40. The lowest BCUT2D eigenvalue weighted by molar-refractivity contribution is 0.717. The van der Waals surface area contributed by atoms with Crippen LogP contribution < -0.4 is 10.6 Å². The van der Waals surface area contributed by atoms with Crippen molar-refractivity contribution in [3.63, 3.8) is 0 Å². The molecule has 3 heteroatoms. The lowest BCUT2D eigenvalue weighted by atomic mass is 10.1. The van der Waals surface area contributed by atoms with Crippen molar-refractivity contribution in [2.24, 2.45) is 5.92 Å². The van der Waals surface area contributed by atoms with E-state index in [4.69, 9.17) is 17.3 Å². The van der Waals surface area contributed by atoms with Gasteiger partial charge in [0.1, 0.15) is 0 Å². The SMILES string of the molecule is Cc1cc(N)c(Cl)cc1N(CC1CC1)C1CC1. The lowest BCUT2D eigenvalue weighted by Crippen LogP contribution is -2.28. The van der Waals surface area contributed by atoms with E-state index < -0.39 is 0 Å². The van der Waals surface area contributed by atoms with Crippen LogP contribution in [0.4, 0.5) is 11.4 Å². The van der Waals surface area contributed by atoms with Gasteiger partial charge in [0.15, 0.2) is 0 Å². The predicted octanol–water partition coefficient (Wildman–Crippen LogP) is 3.61. The number of hydrogen-bond acceptors (Lipinski definition) is 2. The normalized spacial score (nSPS) is 19.4. The molecule has 92 valence electrons. The van der Waals surface area contributed by atoms with Gasteiger partial charge in [-0.15, -0.1) is 0 Å². The Hall–Kier alpha value is -0.890. The zero-order chi connectivity index (χ0) is 12.0. The second-order valence-corrected chi connectivity index (χ2v) is 5.89. The number of halogens is 1. The molecule has 1 aromatic carbocycles. The quantitative estimate of drug-likeness (QED) is 0.828. The third-order valence-electron chi connectivity index (χ3n) is 3.76. The van der Waals surface area contributed by atoms with Crippen LogP contribution in [0.5, 0.6) is 0 Å². The molecule has 2 aliphatic rings. The van der Waals surface area contributed by atoms with Gasteiger partial charge in [0.2, 0.25) is 0 Å². The molecule has 0 bridgehead atoms. The Kier molecular flexibility index (Phi) is 2.70. The fourth-order valence-corrected chi connectivity index (χ4v) is 2.57. The molecule has 2 fully saturated rings. The van der Waals surface area contributed by atoms with Gasteiger partial charge < -0.3 is 10.6 Å². The van der Waals surface area contributed by atoms with Crippen molar-refractivity contribution in [2.45, 2.75) is 38.6 Å². The monoisotopic (exact) mass is 250 g/mol. The number of hydrogen-bond donors (Lipinski definition) is 1. The molecule has 0 spiro atoms. The Morgan fingerprint density at radius 1 is 1.29 bits per heavy atom. The van der Waals surface area contributed by atoms with Gasteiger partial charge in [-0.2, -0.15) is 0 Å². The summed E-state index contributed by atoms with van der Waals surface area (Å²) in [6, 6.07) is 4.79. The van der Waals surface area contributed by atoms with Crippen molar-refractivity contribution < 1.29 is 0 Å². The Morgan fingerprint density at radius 3 is 2.59 bits per heavy atom. The summed E-state index contributed by atoms with van der Waals surface area (Å²) in [5, 5.41) is 0.687. The van der Waals surface area contributed by atoms with E-state index >= 15 is 0 Å². The van der Waals surface area contributed by atoms with Gasteiger partial charge in [-0.1, -0.05) is 11.6 Å². The average Bonchev–Trinajstić information content (AvgIpc) is 3.14. The Labute approximate surface area is 108 Å². The van der Waals surface area contributed by atoms with Crippen molar-refractivity contribution in [1.29, 1.82) is 0 Å². The first-order valence-electron chi connectivity index (χ1n) is 6.47. The molecule has 2 aliphatic carbocycles. The van der Waals surface area contributed by atoms with Crippen LogP contribution in [-0.4, -0.2) is 12.6 Å². The number of nitrogen functional groups attached to an aromatic ring is 1. The average molecular weight is 251 g/mol. The third-order valence-corrected chi connectivity index (χ3v) is 4.09. The van der Waals surface area contributed by atoms with Gasteiger partial charge in [-0.25, -0.2) is 0 Å². The van der Waals surface area contributed by atoms with Gasteiger partial charge in [0, 0.05) is 18.3 Å². The Balaban J connectivity index is 1.90. The molecule has 17 heavy (non-hydrogen) atoms. The molecule has 0 aliphatic heterocycles. The van der Waals surface area contributed by atoms with Crippen molar-refractivity contribution in [2.75, 3.05) is 17.2 Å². The fourth-order valence-electron chi connectivity index (χ4n) is 2.41. The highest BCUT2D eigenvalue weighted by Gasteiger charge is 2.34. The minimum Gasteiger partial charge on any atom is -0.398 e. The molecule has 3 rings (SSSR count). The summed E-state index contributed by atoms with van der Waals surface area (Å²) < 4.78 is 0. The van der Waals surface area contributed by atoms with Crippen LogP contribution in [0.15, 0.2) is 12.1 Å². The highest BCUT2D eigenvalue weighted by atomic mass is 35.5. The van der Waals surface area contributed by atoms with Crippen molar-refractivity contribution in [1.82, 2.24) is 0 Å². The maximum atomic E-state index is 6.16. The molecule has 1 aromatic rings. The number of nitrogens with two attached hydrogens (primary N) is 1. The summed E-state index contributed by atoms with van der Waals surface area (Å²) in [5.74, 6) is 0.909. The van der Waals surface area contributed by atoms with Crippen LogP contribution in [0.25, 0.3) is 0 Å². The minimum atomic E-state index is 0.687. The van der Waals surface area contributed by atoms with Gasteiger partial charge in [-0.3, -0.25) is 0 Å². The second kappa shape index (κ2) is 4.09. The van der Waals surface area contributed by atoms with Crippen LogP contribution in [0.1, 0.15) is 31.2 Å². The molecule has 0 aromatic heterocycles. The van der Waals surface area contributed by atoms with Crippen molar-refractivity contribution in [3.8, 4) is 0 Å². The van der Waals surface area contributed by atoms with Crippen LogP contribution in [-0.2, 0) is 0 Å². The topological polar surface area (TPSA) is 29.3 Å². The van der Waals surface area contributed by atoms with Crippen LogP contribution in [0.2, 0.25) is 5.02 Å². The van der Waals surface area contributed by atoms with Crippen LogP contribution >= 0.6 is 11.6 Å². The first-order valence-corrected chi connectivity index (χ1v) is 6.85. The van der Waals surface area contributed by atoms with Crippen LogP contribution in [0.3, 0.4) is 0 Å². The second-order valence-electron chi connectivity index (χ2n) is 5.49. The summed E-state index contributed by atoms with van der Waals surface area (Å²) in [7, 11) is 0. The zero-order valence-electron chi connectivity index (χ0n) is 10.2. The maximum absolute atomic E-state index is 6.16. The highest BCUT2D eigenvalue weighted by molar-refractivity contribution is 6.33. The zero-order valence-corrected chi connectivity index (χ0v) is 11.0. The fraction of sp³-hybridized carbons (Fsp3) is 0.571. The summed E-state index contributed by atoms with van der Waals surface area (Å²) in [4.78, 5) is 2.55. The molecular weight excluding hydrogens is 232 g/mol. The van der Waals surface area contributed by atoms with E-state index in [9.17, 15) is 0 Å². The van der Waals surface area contributed by atoms with E-state index in [-0.39, 0.29) is 0 Å². The minimum absolute atomic E-state index is 0.687. The summed E-state index contributed by atoms with van der Waals surface area (Å²) in [6.07, 6.45) is 5.44. The predicted molar refractivity (Wildman–Crippen MR) is 73.7 cm³/mol. The molecule has 2 nitrogen and oxygen atoms in total. The Morgan fingerprint density at radius 2 is 2.00 bits per heavy atom. The standard InChI is InChI=1S/C14H19ClN2/c1-9-6-13(16)12(15)7-14(9)17(11-4-5-11)8-10-2-3-10/h6-7,10-11H,2-5,8,16H2,1H3. The first kappa shape index (κ1) is 11.2. The van der Waals surface area contributed by atoms with Gasteiger partial charge >= 0.3 is 0 Å². The van der Waals surface area contributed by atoms with Gasteiger partial charge in [0.25, 0.3) is 0 Å². The van der Waals surface area contributed by atoms with E-state index in [1.54, 1.807) is 0 Å². The molecule has 0 heterocycles. The lowest BCUT2D eigenvalue weighted by Gasteiger charge is -2.27. The molecule has 0 atom stereocenters. The summed E-state index contributed by atoms with van der Waals surface area (Å²) >= 11 is 6.16. The van der Waals surface area contributed by atoms with E-state index in [1.807, 2.05) is 12.1 Å². The number of benzene rings is 1. The number of aryl methyl sites for hydroxylation is 1. The molecule has 0 saturated heterocycles. The molecule has 0 amide bonds. The number of rotatable bonds is 4. The summed E-state index contributed by atoms with van der Waals surface area (Å²) in [5.41, 5.74) is 9.07. The molecule has 0 radical (unpaired) electrons. The number of nitrogens with zero attached hydrogens (tertiary/aromatic N) is 1. The van der Waals surface area contributed by atoms with E-state index in [2.05, 4.69) is 11.8 Å². The largest absolute Gasteiger partial charge is 0.398 e. The smallest absolute Gasteiger partial charge is 0.0656 e. The van der Waals surface area contributed by atoms with E-state index in [1.165, 1.54) is 43.5 Å².